The first-order chi connectivity index (χ1) is 33.0. The highest BCUT2D eigenvalue weighted by Gasteiger charge is 2.19. The maximum absolute atomic E-state index is 12.8. The van der Waals surface area contributed by atoms with Gasteiger partial charge in [0, 0.05) is 19.3 Å². The van der Waals surface area contributed by atoms with Crippen LogP contribution in [0.3, 0.4) is 0 Å². The van der Waals surface area contributed by atoms with Gasteiger partial charge < -0.3 is 14.2 Å². The van der Waals surface area contributed by atoms with Crippen LogP contribution < -0.4 is 0 Å². The van der Waals surface area contributed by atoms with E-state index in [1.807, 2.05) is 79.0 Å². The largest absolute Gasteiger partial charge is 0.462 e. The molecule has 0 spiro atoms. The highest BCUT2D eigenvalue weighted by molar-refractivity contribution is 5.71. The number of ether oxygens (including phenoxy) is 3. The van der Waals surface area contributed by atoms with Gasteiger partial charge in [0.15, 0.2) is 6.10 Å². The summed E-state index contributed by atoms with van der Waals surface area (Å²) in [7, 11) is 0. The maximum Gasteiger partial charge on any atom is 0.306 e. The van der Waals surface area contributed by atoms with Crippen molar-refractivity contribution in [2.45, 2.75) is 181 Å². The van der Waals surface area contributed by atoms with Crippen molar-refractivity contribution in [3.05, 3.63) is 170 Å². The van der Waals surface area contributed by atoms with Crippen LogP contribution in [0.2, 0.25) is 0 Å². The molecule has 6 heteroatoms. The van der Waals surface area contributed by atoms with Crippen LogP contribution in [0.1, 0.15) is 175 Å². The van der Waals surface area contributed by atoms with Gasteiger partial charge in [-0.2, -0.15) is 0 Å². The molecule has 0 fully saturated rings. The highest BCUT2D eigenvalue weighted by Crippen LogP contribution is 2.10. The molecule has 0 rings (SSSR count). The average molecular weight is 919 g/mol. The van der Waals surface area contributed by atoms with E-state index >= 15 is 0 Å². The molecule has 0 saturated heterocycles. The summed E-state index contributed by atoms with van der Waals surface area (Å²) in [5.41, 5.74) is 0. The van der Waals surface area contributed by atoms with Gasteiger partial charge in [-0.3, -0.25) is 14.4 Å². The SMILES string of the molecule is CC\C=C/C=C\C=C/C=C\C=C\C=C/CCCCCC(=O)OC(COC(=O)CC/C=C\C/C=C\C/C=C\C/C=C\C/C=C\C/C=C\CC)COC(=O)CC/C=C\C/C=C\CCCCCCCC. The third kappa shape index (κ3) is 51.6. The van der Waals surface area contributed by atoms with Gasteiger partial charge in [0.1, 0.15) is 13.2 Å². The van der Waals surface area contributed by atoms with Gasteiger partial charge in [-0.05, 0) is 96.3 Å². The Balaban J connectivity index is 4.70. The molecule has 67 heavy (non-hydrogen) atoms. The van der Waals surface area contributed by atoms with Crippen LogP contribution in [0.15, 0.2) is 170 Å². The lowest BCUT2D eigenvalue weighted by Gasteiger charge is -2.18. The predicted molar refractivity (Wildman–Crippen MR) is 288 cm³/mol. The molecule has 1 atom stereocenters. The van der Waals surface area contributed by atoms with Crippen LogP contribution in [0.4, 0.5) is 0 Å². The monoisotopic (exact) mass is 919 g/mol. The minimum Gasteiger partial charge on any atom is -0.462 e. The van der Waals surface area contributed by atoms with E-state index in [1.54, 1.807) is 0 Å². The number of hydrogen-bond acceptors (Lipinski definition) is 6. The molecule has 0 bridgehead atoms. The summed E-state index contributed by atoms with van der Waals surface area (Å²) in [6.45, 7) is 6.18. The van der Waals surface area contributed by atoms with Gasteiger partial charge in [-0.15, -0.1) is 0 Å². The van der Waals surface area contributed by atoms with E-state index in [1.165, 1.54) is 38.5 Å². The lowest BCUT2D eigenvalue weighted by Crippen LogP contribution is -2.30. The third-order valence-corrected chi connectivity index (χ3v) is 9.87. The first-order valence-corrected chi connectivity index (χ1v) is 25.7. The molecule has 0 saturated carbocycles. The number of esters is 3. The summed E-state index contributed by atoms with van der Waals surface area (Å²) in [6.07, 6.45) is 79.3. The van der Waals surface area contributed by atoms with Crippen molar-refractivity contribution in [1.82, 2.24) is 0 Å². The summed E-state index contributed by atoms with van der Waals surface area (Å²) in [5.74, 6) is -1.17. The lowest BCUT2D eigenvalue weighted by molar-refractivity contribution is -0.166. The van der Waals surface area contributed by atoms with Crippen LogP contribution in [0.5, 0.6) is 0 Å². The minimum absolute atomic E-state index is 0.159. The number of carbonyl (C=O) groups is 3. The summed E-state index contributed by atoms with van der Waals surface area (Å²) in [6, 6.07) is 0. The molecule has 0 aliphatic rings. The maximum atomic E-state index is 12.8. The first-order valence-electron chi connectivity index (χ1n) is 25.7. The van der Waals surface area contributed by atoms with Crippen molar-refractivity contribution < 1.29 is 28.6 Å². The fourth-order valence-electron chi connectivity index (χ4n) is 6.08. The number of hydrogen-bond donors (Lipinski definition) is 0. The van der Waals surface area contributed by atoms with Gasteiger partial charge in [0.2, 0.25) is 0 Å². The van der Waals surface area contributed by atoms with Crippen molar-refractivity contribution in [2.75, 3.05) is 13.2 Å². The molecule has 0 radical (unpaired) electrons. The quantitative estimate of drug-likeness (QED) is 0.0199. The van der Waals surface area contributed by atoms with E-state index in [2.05, 4.69) is 112 Å². The van der Waals surface area contributed by atoms with Crippen LogP contribution in [0.25, 0.3) is 0 Å². The van der Waals surface area contributed by atoms with Crippen molar-refractivity contribution in [3.63, 3.8) is 0 Å². The minimum atomic E-state index is -0.864. The van der Waals surface area contributed by atoms with E-state index in [0.29, 0.717) is 19.3 Å². The van der Waals surface area contributed by atoms with E-state index < -0.39 is 18.0 Å². The zero-order chi connectivity index (χ0) is 48.6. The Morgan fingerprint density at radius 1 is 0.328 bits per heavy atom. The van der Waals surface area contributed by atoms with Crippen LogP contribution in [0, 0.1) is 0 Å². The number of unbranched alkanes of at least 4 members (excludes halogenated alkanes) is 9. The normalized spacial score (nSPS) is 13.5. The average Bonchev–Trinajstić information content (AvgIpc) is 3.33. The summed E-state index contributed by atoms with van der Waals surface area (Å²) in [4.78, 5) is 37.9. The van der Waals surface area contributed by atoms with Crippen LogP contribution in [-0.4, -0.2) is 37.2 Å². The molecular weight excluding hydrogens is 829 g/mol. The van der Waals surface area contributed by atoms with Gasteiger partial charge in [0.05, 0.1) is 0 Å². The Bertz CT molecular complexity index is 1620. The first kappa shape index (κ1) is 61.8. The Labute approximate surface area is 409 Å². The Hall–Kier alpha value is -5.23. The zero-order valence-electron chi connectivity index (χ0n) is 42.1. The predicted octanol–water partition coefficient (Wildman–Crippen LogP) is 17.2. The molecular formula is C61H90O6. The molecule has 0 aromatic rings. The Morgan fingerprint density at radius 3 is 1.15 bits per heavy atom. The Kier molecular flexibility index (Phi) is 49.2. The van der Waals surface area contributed by atoms with Crippen molar-refractivity contribution in [1.29, 1.82) is 0 Å². The second-order valence-corrected chi connectivity index (χ2v) is 16.1. The van der Waals surface area contributed by atoms with E-state index in [9.17, 15) is 14.4 Å². The Morgan fingerprint density at radius 2 is 0.687 bits per heavy atom. The molecule has 0 aromatic heterocycles. The fraction of sp³-hybridized carbons (Fsp3) is 0.492. The number of rotatable bonds is 43. The number of carbonyl (C=O) groups excluding carboxylic acids is 3. The van der Waals surface area contributed by atoms with Gasteiger partial charge in [-0.1, -0.05) is 229 Å². The number of allylic oxidation sites excluding steroid dienone is 28. The van der Waals surface area contributed by atoms with Crippen molar-refractivity contribution >= 4 is 17.9 Å². The highest BCUT2D eigenvalue weighted by atomic mass is 16.6. The van der Waals surface area contributed by atoms with Gasteiger partial charge >= 0.3 is 17.9 Å². The molecule has 1 unspecified atom stereocenters. The molecule has 370 valence electrons. The summed E-state index contributed by atoms with van der Waals surface area (Å²) < 4.78 is 16.6. The lowest BCUT2D eigenvalue weighted by atomic mass is 10.1. The fourth-order valence-corrected chi connectivity index (χ4v) is 6.08. The van der Waals surface area contributed by atoms with E-state index in [0.717, 1.165) is 77.0 Å². The molecule has 0 aliphatic heterocycles. The van der Waals surface area contributed by atoms with Gasteiger partial charge in [-0.25, -0.2) is 0 Å². The van der Waals surface area contributed by atoms with Crippen molar-refractivity contribution in [3.8, 4) is 0 Å². The smallest absolute Gasteiger partial charge is 0.306 e. The topological polar surface area (TPSA) is 78.9 Å². The summed E-state index contributed by atoms with van der Waals surface area (Å²) >= 11 is 0. The second kappa shape index (κ2) is 53.4. The van der Waals surface area contributed by atoms with Crippen LogP contribution in [-0.2, 0) is 28.6 Å². The molecule has 0 aromatic carbocycles. The van der Waals surface area contributed by atoms with E-state index in [-0.39, 0.29) is 38.4 Å². The second-order valence-electron chi connectivity index (χ2n) is 16.1. The van der Waals surface area contributed by atoms with E-state index in [4.69, 9.17) is 14.2 Å². The molecule has 0 heterocycles. The zero-order valence-corrected chi connectivity index (χ0v) is 42.1. The van der Waals surface area contributed by atoms with Gasteiger partial charge in [0.25, 0.3) is 0 Å². The summed E-state index contributed by atoms with van der Waals surface area (Å²) in [5, 5.41) is 0. The third-order valence-electron chi connectivity index (χ3n) is 9.87. The standard InChI is InChI=1S/C61H90O6/c1-4-7-10-13-16-19-22-25-27-29-30-32-33-36-39-42-45-48-51-54-60(63)66-57-58(56-65-59(62)53-50-47-44-41-38-35-24-21-18-15-12-9-6-3)67-61(64)55-52-49-46-43-40-37-34-31-28-26-23-20-17-14-11-8-5-2/h7-8,10-11,14,16-17,19-20,23,25-28,30-32,34-40,44-45,47-48,58H,4-6,9,12-13,15,18,21-22,24,29,33,41-43,46,49-57H2,1-3H3/b10-7-,11-8-,17-14-,19-16-,23-20-,27-25-,28-26-,32-30-,34-31+,38-35-,39-36-,40-37-,47-44-,48-45-. The molecule has 0 aliphatic carbocycles. The molecule has 0 N–H and O–H groups in total. The molecule has 6 nitrogen and oxygen atoms in total. The molecule has 0 amide bonds. The van der Waals surface area contributed by atoms with Crippen molar-refractivity contribution in [2.24, 2.45) is 0 Å². The van der Waals surface area contributed by atoms with Crippen LogP contribution >= 0.6 is 0 Å².